The predicted molar refractivity (Wildman–Crippen MR) is 88.6 cm³/mol. The zero-order valence-electron chi connectivity index (χ0n) is 13.9. The van der Waals surface area contributed by atoms with Gasteiger partial charge in [0, 0.05) is 18.8 Å². The van der Waals surface area contributed by atoms with Crippen molar-refractivity contribution in [2.24, 2.45) is 5.41 Å². The Labute approximate surface area is 140 Å². The Bertz CT molecular complexity index is 744. The van der Waals surface area contributed by atoms with Gasteiger partial charge in [-0.05, 0) is 44.5 Å². The van der Waals surface area contributed by atoms with E-state index in [0.29, 0.717) is 12.1 Å². The van der Waals surface area contributed by atoms with Gasteiger partial charge in [-0.1, -0.05) is 0 Å². The number of nitrogens with zero attached hydrogens (tertiary/aromatic N) is 1. The van der Waals surface area contributed by atoms with Crippen molar-refractivity contribution in [3.63, 3.8) is 0 Å². The molecule has 0 aliphatic carbocycles. The molecule has 1 heterocycles. The van der Waals surface area contributed by atoms with Crippen molar-refractivity contribution in [2.45, 2.75) is 26.3 Å². The molecule has 1 N–H and O–H groups in total. The van der Waals surface area contributed by atoms with Gasteiger partial charge in [0.05, 0.1) is 11.5 Å². The van der Waals surface area contributed by atoms with Crippen molar-refractivity contribution < 1.29 is 22.4 Å². The standard InChI is InChI=1S/C16H21FN2O4S/c1-16(2,14(20)18-12-6-4-11(17)5-7-12)15(21)19(3)13-8-9-24(22,23)10-13/h4-7,13H,8-10H2,1-3H3,(H,18,20). The lowest BCUT2D eigenvalue weighted by Crippen LogP contribution is -2.49. The number of rotatable bonds is 4. The molecule has 1 aliphatic heterocycles. The first kappa shape index (κ1) is 18.4. The molecule has 0 radical (unpaired) electrons. The minimum absolute atomic E-state index is 0.0531. The summed E-state index contributed by atoms with van der Waals surface area (Å²) in [6, 6.07) is 4.81. The molecular formula is C16H21FN2O4S. The average molecular weight is 356 g/mol. The fourth-order valence-corrected chi connectivity index (χ4v) is 4.38. The summed E-state index contributed by atoms with van der Waals surface area (Å²) in [5.74, 6) is -1.44. The topological polar surface area (TPSA) is 83.6 Å². The number of nitrogens with one attached hydrogen (secondary N) is 1. The number of benzene rings is 1. The van der Waals surface area contributed by atoms with Crippen molar-refractivity contribution >= 4 is 27.3 Å². The first-order chi connectivity index (χ1) is 11.0. The number of anilines is 1. The monoisotopic (exact) mass is 356 g/mol. The Hall–Kier alpha value is -1.96. The summed E-state index contributed by atoms with van der Waals surface area (Å²) in [7, 11) is -1.61. The molecule has 1 aromatic carbocycles. The van der Waals surface area contributed by atoms with E-state index in [2.05, 4.69) is 5.32 Å². The zero-order valence-corrected chi connectivity index (χ0v) is 14.7. The van der Waals surface area contributed by atoms with Crippen molar-refractivity contribution in [1.29, 1.82) is 0 Å². The third kappa shape index (κ3) is 3.92. The third-order valence-electron chi connectivity index (χ3n) is 4.28. The molecule has 132 valence electrons. The Kier molecular flexibility index (Phi) is 4.98. The molecule has 2 rings (SSSR count). The molecule has 0 aromatic heterocycles. The maximum Gasteiger partial charge on any atom is 0.239 e. The molecule has 1 fully saturated rings. The number of sulfone groups is 1. The third-order valence-corrected chi connectivity index (χ3v) is 6.03. The highest BCUT2D eigenvalue weighted by Gasteiger charge is 2.42. The van der Waals surface area contributed by atoms with Gasteiger partial charge in [-0.2, -0.15) is 0 Å². The smallest absolute Gasteiger partial charge is 0.239 e. The lowest BCUT2D eigenvalue weighted by Gasteiger charge is -2.31. The van der Waals surface area contributed by atoms with E-state index in [1.807, 2.05) is 0 Å². The van der Waals surface area contributed by atoms with Crippen LogP contribution < -0.4 is 5.32 Å². The number of carbonyl (C=O) groups excluding carboxylic acids is 2. The molecule has 1 aliphatic rings. The predicted octanol–water partition coefficient (Wildman–Crippen LogP) is 1.44. The summed E-state index contributed by atoms with van der Waals surface area (Å²) in [6.07, 6.45) is 0.375. The van der Waals surface area contributed by atoms with Crippen LogP contribution in [0.15, 0.2) is 24.3 Å². The quantitative estimate of drug-likeness (QED) is 0.828. The Balaban J connectivity index is 2.08. The molecule has 1 atom stereocenters. The number of amides is 2. The molecule has 0 bridgehead atoms. The van der Waals surface area contributed by atoms with Crippen molar-refractivity contribution in [3.05, 3.63) is 30.1 Å². The Morgan fingerprint density at radius 3 is 2.33 bits per heavy atom. The van der Waals surface area contributed by atoms with Gasteiger partial charge >= 0.3 is 0 Å². The van der Waals surface area contributed by atoms with Gasteiger partial charge in [0.2, 0.25) is 11.8 Å². The normalized spacial score (nSPS) is 19.8. The fraction of sp³-hybridized carbons (Fsp3) is 0.500. The summed E-state index contributed by atoms with van der Waals surface area (Å²) in [6.45, 7) is 2.96. The van der Waals surface area contributed by atoms with E-state index in [4.69, 9.17) is 0 Å². The maximum absolute atomic E-state index is 12.9. The summed E-state index contributed by atoms with van der Waals surface area (Å²) in [4.78, 5) is 26.4. The summed E-state index contributed by atoms with van der Waals surface area (Å²) >= 11 is 0. The van der Waals surface area contributed by atoms with Gasteiger partial charge < -0.3 is 10.2 Å². The van der Waals surface area contributed by atoms with Crippen LogP contribution in [0.2, 0.25) is 0 Å². The second kappa shape index (κ2) is 6.51. The van der Waals surface area contributed by atoms with Crippen LogP contribution >= 0.6 is 0 Å². The highest BCUT2D eigenvalue weighted by Crippen LogP contribution is 2.25. The van der Waals surface area contributed by atoms with Crippen LogP contribution in [0.4, 0.5) is 10.1 Å². The van der Waals surface area contributed by atoms with E-state index in [1.54, 1.807) is 0 Å². The molecule has 8 heteroatoms. The minimum Gasteiger partial charge on any atom is -0.341 e. The van der Waals surface area contributed by atoms with Gasteiger partial charge in [-0.15, -0.1) is 0 Å². The van der Waals surface area contributed by atoms with Gasteiger partial charge in [-0.3, -0.25) is 9.59 Å². The van der Waals surface area contributed by atoms with E-state index >= 15 is 0 Å². The maximum atomic E-state index is 12.9. The first-order valence-electron chi connectivity index (χ1n) is 7.57. The van der Waals surface area contributed by atoms with Gasteiger partial charge in [0.15, 0.2) is 9.84 Å². The molecule has 6 nitrogen and oxygen atoms in total. The second-order valence-corrected chi connectivity index (χ2v) is 8.79. The zero-order chi connectivity index (χ0) is 18.1. The molecule has 0 saturated carbocycles. The first-order valence-corrected chi connectivity index (χ1v) is 9.40. The van der Waals surface area contributed by atoms with E-state index in [-0.39, 0.29) is 11.5 Å². The second-order valence-electron chi connectivity index (χ2n) is 6.56. The van der Waals surface area contributed by atoms with E-state index in [1.165, 1.54) is 50.1 Å². The number of hydrogen-bond donors (Lipinski definition) is 1. The number of halogens is 1. The molecule has 2 amide bonds. The van der Waals surface area contributed by atoms with Crippen molar-refractivity contribution in [1.82, 2.24) is 4.90 Å². The van der Waals surface area contributed by atoms with Crippen LogP contribution in [-0.2, 0) is 19.4 Å². The summed E-state index contributed by atoms with van der Waals surface area (Å²) < 4.78 is 36.0. The summed E-state index contributed by atoms with van der Waals surface area (Å²) in [5, 5.41) is 2.58. The number of hydrogen-bond acceptors (Lipinski definition) is 4. The Morgan fingerprint density at radius 1 is 1.25 bits per heavy atom. The fourth-order valence-electron chi connectivity index (χ4n) is 2.61. The van der Waals surface area contributed by atoms with E-state index in [0.717, 1.165) is 0 Å². The SMILES string of the molecule is CN(C(=O)C(C)(C)C(=O)Nc1ccc(F)cc1)C1CCS(=O)(=O)C1. The van der Waals surface area contributed by atoms with Crippen molar-refractivity contribution in [2.75, 3.05) is 23.9 Å². The lowest BCUT2D eigenvalue weighted by molar-refractivity contribution is -0.146. The van der Waals surface area contributed by atoms with Crippen LogP contribution in [0.3, 0.4) is 0 Å². The highest BCUT2D eigenvalue weighted by atomic mass is 32.2. The molecule has 0 spiro atoms. The van der Waals surface area contributed by atoms with E-state index < -0.39 is 38.9 Å². The average Bonchev–Trinajstić information content (AvgIpc) is 2.88. The van der Waals surface area contributed by atoms with Crippen molar-refractivity contribution in [3.8, 4) is 0 Å². The molecule has 1 unspecified atom stereocenters. The lowest BCUT2D eigenvalue weighted by atomic mass is 9.89. The Morgan fingerprint density at radius 2 is 1.83 bits per heavy atom. The van der Waals surface area contributed by atoms with Crippen LogP contribution in [0.25, 0.3) is 0 Å². The molecule has 24 heavy (non-hydrogen) atoms. The number of carbonyl (C=O) groups is 2. The van der Waals surface area contributed by atoms with Crippen LogP contribution in [0.5, 0.6) is 0 Å². The van der Waals surface area contributed by atoms with Crippen LogP contribution in [0, 0.1) is 11.2 Å². The molecule has 1 aromatic rings. The van der Waals surface area contributed by atoms with E-state index in [9.17, 15) is 22.4 Å². The van der Waals surface area contributed by atoms with Crippen LogP contribution in [-0.4, -0.2) is 49.7 Å². The minimum atomic E-state index is -3.12. The molecule has 1 saturated heterocycles. The summed E-state index contributed by atoms with van der Waals surface area (Å²) in [5.41, 5.74) is -0.997. The highest BCUT2D eigenvalue weighted by molar-refractivity contribution is 7.91. The van der Waals surface area contributed by atoms with Gasteiger partial charge in [0.1, 0.15) is 11.2 Å². The van der Waals surface area contributed by atoms with Gasteiger partial charge in [-0.25, -0.2) is 12.8 Å². The molecular weight excluding hydrogens is 335 g/mol. The largest absolute Gasteiger partial charge is 0.341 e. The van der Waals surface area contributed by atoms with Crippen LogP contribution in [0.1, 0.15) is 20.3 Å². The van der Waals surface area contributed by atoms with Gasteiger partial charge in [0.25, 0.3) is 0 Å².